The van der Waals surface area contributed by atoms with E-state index in [0.29, 0.717) is 0 Å². The third kappa shape index (κ3) is 2.37. The molecule has 0 aromatic rings. The van der Waals surface area contributed by atoms with E-state index in [4.69, 9.17) is 16.0 Å². The molecular weight excluding hydrogens is 186 g/mol. The van der Waals surface area contributed by atoms with Crippen LogP contribution in [0.2, 0.25) is 0 Å². The van der Waals surface area contributed by atoms with Gasteiger partial charge in [0.25, 0.3) is 0 Å². The van der Waals surface area contributed by atoms with Crippen molar-refractivity contribution >= 4 is 22.0 Å². The quantitative estimate of drug-likeness (QED) is 0.529. The van der Waals surface area contributed by atoms with Gasteiger partial charge in [0, 0.05) is 6.42 Å². The van der Waals surface area contributed by atoms with Crippen molar-refractivity contribution in [2.75, 3.05) is 0 Å². The number of nitrogens with zero attached hydrogens (tertiary/aromatic N) is 1. The first-order valence-electron chi connectivity index (χ1n) is 4.39. The molecule has 3 N–H and O–H groups in total. The molecule has 0 aromatic carbocycles. The summed E-state index contributed by atoms with van der Waals surface area (Å²) < 4.78 is 0. The summed E-state index contributed by atoms with van der Waals surface area (Å²) in [6.07, 6.45) is 2.66. The van der Waals surface area contributed by atoms with Crippen LogP contribution in [0, 0.1) is 5.41 Å². The van der Waals surface area contributed by atoms with Crippen molar-refractivity contribution in [3.05, 3.63) is 0 Å². The Balaban J connectivity index is 2.53. The van der Waals surface area contributed by atoms with Crippen LogP contribution in [0.1, 0.15) is 33.1 Å². The van der Waals surface area contributed by atoms with Crippen LogP contribution < -0.4 is 5.73 Å². The smallest absolute Gasteiger partial charge is 0.157 e. The summed E-state index contributed by atoms with van der Waals surface area (Å²) in [7, 11) is 0. The summed E-state index contributed by atoms with van der Waals surface area (Å²) in [6.45, 7) is 4.17. The minimum absolute atomic E-state index is 0.0744. The van der Waals surface area contributed by atoms with Gasteiger partial charge < -0.3 is 10.6 Å². The van der Waals surface area contributed by atoms with E-state index in [1.165, 1.54) is 11.8 Å². The number of rotatable bonds is 2. The minimum Gasteiger partial charge on any atom is -0.388 e. The molecule has 1 aliphatic heterocycles. The summed E-state index contributed by atoms with van der Waals surface area (Å²) >= 11 is 1.18. The van der Waals surface area contributed by atoms with Crippen molar-refractivity contribution in [3.8, 4) is 0 Å². The fourth-order valence-corrected chi connectivity index (χ4v) is 1.96. The molecule has 0 atom stereocenters. The Bertz CT molecular complexity index is 236. The van der Waals surface area contributed by atoms with Crippen LogP contribution in [-0.4, -0.2) is 15.8 Å². The number of hydrogen-bond donors (Lipinski definition) is 2. The van der Waals surface area contributed by atoms with Crippen molar-refractivity contribution in [1.29, 1.82) is 5.41 Å². The number of oxime groups is 1. The molecule has 0 unspecified atom stereocenters. The summed E-state index contributed by atoms with van der Waals surface area (Å²) in [5, 5.41) is 11.9. The lowest BCUT2D eigenvalue weighted by atomic mass is 9.95. The molecule has 0 aliphatic carbocycles. The third-order valence-electron chi connectivity index (χ3n) is 2.33. The minimum atomic E-state index is -0.141. The highest BCUT2D eigenvalue weighted by Crippen LogP contribution is 2.33. The topological polar surface area (TPSA) is 71.5 Å². The van der Waals surface area contributed by atoms with Gasteiger partial charge in [-0.3, -0.25) is 5.41 Å². The highest BCUT2D eigenvalue weighted by atomic mass is 32.2. The van der Waals surface area contributed by atoms with Crippen molar-refractivity contribution in [2.45, 2.75) is 38.7 Å². The number of amidine groups is 1. The van der Waals surface area contributed by atoms with E-state index in [2.05, 4.69) is 19.0 Å². The summed E-state index contributed by atoms with van der Waals surface area (Å²) in [4.78, 5) is 5.37. The summed E-state index contributed by atoms with van der Waals surface area (Å²) in [5.74, 6) is 0. The summed E-state index contributed by atoms with van der Waals surface area (Å²) in [6, 6.07) is 0. The molecule has 0 amide bonds. The fourth-order valence-electron chi connectivity index (χ4n) is 1.30. The average molecular weight is 201 g/mol. The maximum Gasteiger partial charge on any atom is 0.157 e. The van der Waals surface area contributed by atoms with Crippen molar-refractivity contribution in [1.82, 2.24) is 0 Å². The van der Waals surface area contributed by atoms with Gasteiger partial charge in [-0.2, -0.15) is 0 Å². The van der Waals surface area contributed by atoms with E-state index in [0.717, 1.165) is 24.3 Å². The van der Waals surface area contributed by atoms with E-state index in [-0.39, 0.29) is 10.8 Å². The predicted molar refractivity (Wildman–Crippen MR) is 56.0 cm³/mol. The summed E-state index contributed by atoms with van der Waals surface area (Å²) in [5.41, 5.74) is 5.11. The molecule has 13 heavy (non-hydrogen) atoms. The van der Waals surface area contributed by atoms with Crippen molar-refractivity contribution < 1.29 is 4.84 Å². The van der Waals surface area contributed by atoms with Gasteiger partial charge in [0.15, 0.2) is 5.17 Å². The molecule has 0 radical (unpaired) electrons. The van der Waals surface area contributed by atoms with Crippen LogP contribution in [0.4, 0.5) is 0 Å². The van der Waals surface area contributed by atoms with E-state index in [9.17, 15) is 0 Å². The van der Waals surface area contributed by atoms with Crippen LogP contribution in [0.5, 0.6) is 0 Å². The van der Waals surface area contributed by atoms with Gasteiger partial charge in [-0.1, -0.05) is 19.0 Å². The van der Waals surface area contributed by atoms with E-state index < -0.39 is 0 Å². The van der Waals surface area contributed by atoms with Gasteiger partial charge in [-0.25, -0.2) is 0 Å². The third-order valence-corrected chi connectivity index (χ3v) is 3.01. The van der Waals surface area contributed by atoms with Crippen molar-refractivity contribution in [2.24, 2.45) is 10.9 Å². The first-order chi connectivity index (χ1) is 6.12. The molecule has 0 fully saturated rings. The molecule has 1 aliphatic rings. The van der Waals surface area contributed by atoms with Crippen LogP contribution in [-0.2, 0) is 4.84 Å². The van der Waals surface area contributed by atoms with E-state index in [1.807, 2.05) is 0 Å². The van der Waals surface area contributed by atoms with Crippen LogP contribution >= 0.6 is 11.8 Å². The highest BCUT2D eigenvalue weighted by Gasteiger charge is 2.36. The molecule has 0 saturated heterocycles. The highest BCUT2D eigenvalue weighted by molar-refractivity contribution is 8.26. The van der Waals surface area contributed by atoms with Crippen LogP contribution in [0.25, 0.3) is 0 Å². The molecule has 5 heteroatoms. The molecule has 0 spiro atoms. The lowest BCUT2D eigenvalue weighted by Gasteiger charge is -2.22. The molecule has 74 valence electrons. The fraction of sp³-hybridized carbons (Fsp3) is 0.750. The van der Waals surface area contributed by atoms with Gasteiger partial charge in [0.1, 0.15) is 10.6 Å². The Labute approximate surface area is 82.4 Å². The monoisotopic (exact) mass is 201 g/mol. The number of thioether (sulfide) groups is 1. The maximum absolute atomic E-state index is 7.11. The average Bonchev–Trinajstić information content (AvgIpc) is 2.48. The first-order valence-corrected chi connectivity index (χ1v) is 5.20. The normalized spacial score (nSPS) is 19.4. The zero-order chi connectivity index (χ0) is 9.90. The predicted octanol–water partition coefficient (Wildman–Crippen LogP) is 1.91. The van der Waals surface area contributed by atoms with E-state index in [1.54, 1.807) is 0 Å². The SMILES string of the molecule is CCC1(CC)CC(SC(=N)N)=NO1. The largest absolute Gasteiger partial charge is 0.388 e. The second-order valence-electron chi connectivity index (χ2n) is 3.11. The zero-order valence-corrected chi connectivity index (χ0v) is 8.78. The molecule has 0 aromatic heterocycles. The Kier molecular flexibility index (Phi) is 3.19. The Hall–Kier alpha value is -0.710. The van der Waals surface area contributed by atoms with Crippen molar-refractivity contribution in [3.63, 3.8) is 0 Å². The molecule has 1 rings (SSSR count). The first kappa shape index (κ1) is 10.4. The second-order valence-corrected chi connectivity index (χ2v) is 4.22. The Morgan fingerprint density at radius 3 is 2.69 bits per heavy atom. The number of hydrogen-bond acceptors (Lipinski definition) is 4. The van der Waals surface area contributed by atoms with Gasteiger partial charge in [-0.15, -0.1) is 0 Å². The molecule has 0 bridgehead atoms. The van der Waals surface area contributed by atoms with Gasteiger partial charge in [0.05, 0.1) is 0 Å². The number of nitrogens with one attached hydrogen (secondary N) is 1. The molecule has 4 nitrogen and oxygen atoms in total. The lowest BCUT2D eigenvalue weighted by molar-refractivity contribution is -0.0243. The second kappa shape index (κ2) is 4.00. The Morgan fingerprint density at radius 1 is 1.69 bits per heavy atom. The van der Waals surface area contributed by atoms with Crippen LogP contribution in [0.3, 0.4) is 0 Å². The van der Waals surface area contributed by atoms with Gasteiger partial charge in [-0.05, 0) is 24.6 Å². The lowest BCUT2D eigenvalue weighted by Crippen LogP contribution is -2.26. The van der Waals surface area contributed by atoms with Gasteiger partial charge in [0.2, 0.25) is 0 Å². The molecule has 1 heterocycles. The molecular formula is C8H15N3OS. The van der Waals surface area contributed by atoms with E-state index >= 15 is 0 Å². The number of nitrogens with two attached hydrogens (primary N) is 1. The van der Waals surface area contributed by atoms with Crippen LogP contribution in [0.15, 0.2) is 5.16 Å². The standard InChI is InChI=1S/C8H15N3OS/c1-3-8(4-2)5-6(11-12-8)13-7(9)10/h3-5H2,1-2H3,(H3,9,10). The maximum atomic E-state index is 7.11. The molecule has 0 saturated carbocycles. The zero-order valence-electron chi connectivity index (χ0n) is 7.96. The van der Waals surface area contributed by atoms with Gasteiger partial charge >= 0.3 is 0 Å². The Morgan fingerprint density at radius 2 is 2.31 bits per heavy atom.